The van der Waals surface area contributed by atoms with Gasteiger partial charge < -0.3 is 23.4 Å². The molecule has 5 nitrogen and oxygen atoms in total. The highest BCUT2D eigenvalue weighted by atomic mass is 28.3. The van der Waals surface area contributed by atoms with Crippen molar-refractivity contribution in [2.45, 2.75) is 84.0 Å². The molecule has 1 unspecified atom stereocenters. The van der Waals surface area contributed by atoms with E-state index in [1.54, 1.807) is 0 Å². The van der Waals surface area contributed by atoms with Crippen LogP contribution < -0.4 is 30.1 Å². The number of anilines is 6. The Labute approximate surface area is 571 Å². The molecule has 1 aliphatic rings. The summed E-state index contributed by atoms with van der Waals surface area (Å²) in [5, 5.41) is 8.01. The van der Waals surface area contributed by atoms with Crippen LogP contribution in [-0.2, 0) is 21.7 Å². The molecule has 6 heteroatoms. The molecule has 2 heterocycles. The SMILES string of the molecule is CC(C)(C)c1ccc(Oc2ccc(C3(c4ccc([Si](c5ccccc5)c5ccccc5)cc4)c4cc(N(c5ccccc5)c5ccc(C(C)(C)C)cc5)c5c(oc6ccccc65)c4-c4c3cc(N(c3ccccc3)c3ccc(C(C)(C)C)cc3)c3oc5ccccc5c43)cc2)cc1. The van der Waals surface area contributed by atoms with E-state index >= 15 is 0 Å². The first-order valence-corrected chi connectivity index (χ1v) is 35.4. The van der Waals surface area contributed by atoms with E-state index < -0.39 is 14.2 Å². The molecule has 16 rings (SSSR count). The van der Waals surface area contributed by atoms with Gasteiger partial charge in [-0.2, -0.15) is 0 Å². The fourth-order valence-corrected chi connectivity index (χ4v) is 17.4. The second-order valence-electron chi connectivity index (χ2n) is 29.0. The van der Waals surface area contributed by atoms with Crippen molar-refractivity contribution in [1.29, 1.82) is 0 Å². The molecular formula is C91H77N2O3Si. The lowest BCUT2D eigenvalue weighted by Gasteiger charge is -2.36. The van der Waals surface area contributed by atoms with Gasteiger partial charge in [-0.15, -0.1) is 0 Å². The van der Waals surface area contributed by atoms with E-state index in [-0.39, 0.29) is 16.2 Å². The van der Waals surface area contributed by atoms with Crippen LogP contribution in [0.4, 0.5) is 34.1 Å². The van der Waals surface area contributed by atoms with Crippen LogP contribution in [0.5, 0.6) is 11.5 Å². The minimum atomic E-state index is -1.49. The first-order chi connectivity index (χ1) is 47.0. The molecular weight excluding hydrogens is 1200 g/mol. The van der Waals surface area contributed by atoms with E-state index in [2.05, 4.69) is 375 Å². The lowest BCUT2D eigenvalue weighted by molar-refractivity contribution is 0.481. The van der Waals surface area contributed by atoms with E-state index in [9.17, 15) is 0 Å². The summed E-state index contributed by atoms with van der Waals surface area (Å²) in [6, 6.07) is 112. The number of benzene rings is 13. The normalized spacial score (nSPS) is 14.0. The predicted octanol–water partition coefficient (Wildman–Crippen LogP) is 23.0. The first-order valence-electron chi connectivity index (χ1n) is 33.9. The van der Waals surface area contributed by atoms with Gasteiger partial charge in [-0.1, -0.05) is 284 Å². The number of nitrogens with zero attached hydrogens (tertiary/aromatic N) is 2. The maximum Gasteiger partial charge on any atom is 0.160 e. The Bertz CT molecular complexity index is 5330. The third-order valence-corrected chi connectivity index (χ3v) is 22.5. The second kappa shape index (κ2) is 23.8. The topological polar surface area (TPSA) is 42.0 Å². The van der Waals surface area contributed by atoms with E-state index in [0.29, 0.717) is 0 Å². The minimum absolute atomic E-state index is 0.00179. The van der Waals surface area contributed by atoms with Crippen LogP contribution in [0.25, 0.3) is 55.0 Å². The van der Waals surface area contributed by atoms with Gasteiger partial charge in [-0.05, 0) is 152 Å². The third kappa shape index (κ3) is 10.6. The van der Waals surface area contributed by atoms with E-state index in [4.69, 9.17) is 13.6 Å². The Hall–Kier alpha value is -10.9. The summed E-state index contributed by atoms with van der Waals surface area (Å²) in [5.74, 6) is 1.52. The van der Waals surface area contributed by atoms with E-state index in [0.717, 1.165) is 123 Å². The van der Waals surface area contributed by atoms with Crippen molar-refractivity contribution in [3.05, 3.63) is 342 Å². The van der Waals surface area contributed by atoms with E-state index in [1.807, 2.05) is 0 Å². The number of fused-ring (bicyclic) bond motifs is 11. The van der Waals surface area contributed by atoms with Gasteiger partial charge in [0.1, 0.15) is 28.2 Å². The van der Waals surface area contributed by atoms with Crippen molar-refractivity contribution >= 4 is 102 Å². The highest BCUT2D eigenvalue weighted by Crippen LogP contribution is 2.65. The van der Waals surface area contributed by atoms with Crippen LogP contribution in [0.2, 0.25) is 0 Å². The van der Waals surface area contributed by atoms with E-state index in [1.165, 1.54) is 32.3 Å². The third-order valence-electron chi connectivity index (χ3n) is 19.8. The molecule has 2 aromatic heterocycles. The monoisotopic (exact) mass is 1270 g/mol. The van der Waals surface area contributed by atoms with Crippen LogP contribution in [0.1, 0.15) is 101 Å². The molecule has 0 bridgehead atoms. The maximum absolute atomic E-state index is 7.72. The van der Waals surface area contributed by atoms with Gasteiger partial charge in [0, 0.05) is 50.0 Å². The van der Waals surface area contributed by atoms with Gasteiger partial charge >= 0.3 is 0 Å². The number of furan rings is 2. The highest BCUT2D eigenvalue weighted by Gasteiger charge is 2.51. The van der Waals surface area contributed by atoms with Crippen molar-refractivity contribution in [2.75, 3.05) is 9.80 Å². The highest BCUT2D eigenvalue weighted by molar-refractivity contribution is 6.95. The number of rotatable bonds is 13. The summed E-state index contributed by atoms with van der Waals surface area (Å²) in [7, 11) is -1.49. The number of hydrogen-bond acceptors (Lipinski definition) is 5. The largest absolute Gasteiger partial charge is 0.457 e. The molecule has 97 heavy (non-hydrogen) atoms. The standard InChI is InChI=1S/C91H77N2O3Si/c1-88(2,3)60-38-48-67(49-39-60)92(65-26-14-10-15-27-65)78-58-77-85(87-82(78)74-34-22-24-36-80(74)96-87)84-76(59-79(86-83(84)75-35-23-25-37-81(75)95-86)93(66-28-16-11-17-29-66)68-50-40-61(41-51-68)89(4,5)6)91(77,63-44-54-70(55-45-63)94-69-52-42-62(43-53-69)90(7,8)9)64-46-56-73(57-47-64)97(71-30-18-12-19-31-71)72-32-20-13-21-33-72/h10-59H,1-9H3. The van der Waals surface area contributed by atoms with Gasteiger partial charge in [0.2, 0.25) is 0 Å². The molecule has 0 spiro atoms. The molecule has 473 valence electrons. The zero-order valence-corrected chi connectivity index (χ0v) is 57.5. The molecule has 0 aliphatic heterocycles. The predicted molar refractivity (Wildman–Crippen MR) is 408 cm³/mol. The zero-order chi connectivity index (χ0) is 66.4. The molecule has 15 aromatic rings. The summed E-state index contributed by atoms with van der Waals surface area (Å²) < 4.78 is 22.1. The van der Waals surface area contributed by atoms with Gasteiger partial charge in [0.25, 0.3) is 0 Å². The molecule has 0 N–H and O–H groups in total. The quantitative estimate of drug-likeness (QED) is 0.0850. The minimum Gasteiger partial charge on any atom is -0.457 e. The lowest BCUT2D eigenvalue weighted by Crippen LogP contribution is -2.51. The molecule has 1 aliphatic carbocycles. The lowest BCUT2D eigenvalue weighted by atomic mass is 9.67. The molecule has 0 fully saturated rings. The fraction of sp³-hybridized carbons (Fsp3) is 0.143. The fourth-order valence-electron chi connectivity index (χ4n) is 14.9. The summed E-state index contributed by atoms with van der Waals surface area (Å²) in [4.78, 5) is 4.86. The van der Waals surface area contributed by atoms with Crippen LogP contribution in [0.15, 0.2) is 312 Å². The van der Waals surface area contributed by atoms with Crippen LogP contribution >= 0.6 is 0 Å². The molecule has 0 amide bonds. The second-order valence-corrected chi connectivity index (χ2v) is 31.5. The molecule has 1 radical (unpaired) electrons. The van der Waals surface area contributed by atoms with Crippen LogP contribution in [-0.4, -0.2) is 8.80 Å². The maximum atomic E-state index is 7.72. The van der Waals surface area contributed by atoms with Gasteiger partial charge in [-0.25, -0.2) is 0 Å². The van der Waals surface area contributed by atoms with Gasteiger partial charge in [0.05, 0.1) is 22.2 Å². The average Bonchev–Trinajstić information content (AvgIpc) is 1.50. The van der Waals surface area contributed by atoms with Crippen molar-refractivity contribution in [1.82, 2.24) is 0 Å². The summed E-state index contributed by atoms with van der Waals surface area (Å²) in [6.45, 7) is 20.4. The number of para-hydroxylation sites is 4. The first kappa shape index (κ1) is 61.0. The van der Waals surface area contributed by atoms with Gasteiger partial charge in [0.15, 0.2) is 14.4 Å². The Morgan fingerprint density at radius 3 is 1.14 bits per heavy atom. The Balaban J connectivity index is 1.07. The van der Waals surface area contributed by atoms with Crippen molar-refractivity contribution in [3.63, 3.8) is 0 Å². The Morgan fingerprint density at radius 2 is 0.670 bits per heavy atom. The molecule has 0 saturated heterocycles. The summed E-state index contributed by atoms with van der Waals surface area (Å²) in [6.07, 6.45) is 0. The summed E-state index contributed by atoms with van der Waals surface area (Å²) in [5.41, 5.74) is 18.2. The van der Waals surface area contributed by atoms with Crippen LogP contribution in [0.3, 0.4) is 0 Å². The van der Waals surface area contributed by atoms with Crippen LogP contribution in [0, 0.1) is 0 Å². The number of hydrogen-bond donors (Lipinski definition) is 0. The smallest absolute Gasteiger partial charge is 0.160 e. The van der Waals surface area contributed by atoms with Crippen molar-refractivity contribution in [2.24, 2.45) is 0 Å². The van der Waals surface area contributed by atoms with Gasteiger partial charge in [-0.3, -0.25) is 0 Å². The Kier molecular flexibility index (Phi) is 14.9. The molecule has 13 aromatic carbocycles. The van der Waals surface area contributed by atoms with Crippen molar-refractivity contribution in [3.8, 4) is 22.6 Å². The molecule has 1 atom stereocenters. The average molecular weight is 1270 g/mol. The zero-order valence-electron chi connectivity index (χ0n) is 56.5. The Morgan fingerprint density at radius 1 is 0.320 bits per heavy atom. The molecule has 0 saturated carbocycles. The number of ether oxygens (including phenoxy) is 1. The summed E-state index contributed by atoms with van der Waals surface area (Å²) >= 11 is 0. The van der Waals surface area contributed by atoms with Crippen molar-refractivity contribution < 1.29 is 13.6 Å².